The Morgan fingerprint density at radius 2 is 2.19 bits per heavy atom. The predicted octanol–water partition coefficient (Wildman–Crippen LogP) is 4.25. The Labute approximate surface area is 131 Å². The van der Waals surface area contributed by atoms with Gasteiger partial charge in [0.05, 0.1) is 17.0 Å². The molecule has 0 N–H and O–H groups in total. The van der Waals surface area contributed by atoms with E-state index in [1.807, 2.05) is 36.6 Å². The zero-order chi connectivity index (χ0) is 15.2. The van der Waals surface area contributed by atoms with E-state index in [0.717, 1.165) is 35.3 Å². The van der Waals surface area contributed by atoms with Gasteiger partial charge in [0.2, 0.25) is 0 Å². The summed E-state index contributed by atoms with van der Waals surface area (Å²) in [4.78, 5) is 10.7. The molecule has 2 aromatic rings. The second-order valence-electron chi connectivity index (χ2n) is 5.11. The van der Waals surface area contributed by atoms with Crippen LogP contribution >= 0.6 is 11.6 Å². The minimum Gasteiger partial charge on any atom is -0.366 e. The van der Waals surface area contributed by atoms with Crippen LogP contribution in [0.3, 0.4) is 0 Å². The van der Waals surface area contributed by atoms with Crippen LogP contribution in [0.4, 0.5) is 5.69 Å². The zero-order valence-electron chi connectivity index (χ0n) is 12.7. The van der Waals surface area contributed by atoms with E-state index in [-0.39, 0.29) is 0 Å². The van der Waals surface area contributed by atoms with Crippen molar-refractivity contribution in [1.82, 2.24) is 9.88 Å². The number of hydrogen-bond acceptors (Lipinski definition) is 2. The lowest BCUT2D eigenvalue weighted by Crippen LogP contribution is -2.14. The van der Waals surface area contributed by atoms with Gasteiger partial charge >= 0.3 is 0 Å². The molecule has 0 bridgehead atoms. The lowest BCUT2D eigenvalue weighted by atomic mass is 10.0. The number of aryl methyl sites for hydroxylation is 1. The Morgan fingerprint density at radius 1 is 1.38 bits per heavy atom. The molecular formula is C17H20ClN3. The summed E-state index contributed by atoms with van der Waals surface area (Å²) in [6.07, 6.45) is 6.22. The van der Waals surface area contributed by atoms with Gasteiger partial charge in [0.25, 0.3) is 0 Å². The molecule has 0 fully saturated rings. The third-order valence-electron chi connectivity index (χ3n) is 3.28. The van der Waals surface area contributed by atoms with Crippen LogP contribution in [0.15, 0.2) is 41.7 Å². The largest absolute Gasteiger partial charge is 0.366 e. The van der Waals surface area contributed by atoms with Gasteiger partial charge in [-0.05, 0) is 42.7 Å². The second kappa shape index (κ2) is 7.23. The van der Waals surface area contributed by atoms with Crippen molar-refractivity contribution in [3.8, 4) is 0 Å². The molecule has 0 saturated carbocycles. The quantitative estimate of drug-likeness (QED) is 0.610. The van der Waals surface area contributed by atoms with Crippen LogP contribution in [0, 0.1) is 6.92 Å². The summed E-state index contributed by atoms with van der Waals surface area (Å²) in [5.41, 5.74) is 4.20. The highest BCUT2D eigenvalue weighted by atomic mass is 35.5. The lowest BCUT2D eigenvalue weighted by Gasteiger charge is -2.11. The van der Waals surface area contributed by atoms with Crippen molar-refractivity contribution in [3.05, 3.63) is 58.4 Å². The van der Waals surface area contributed by atoms with E-state index in [1.165, 1.54) is 0 Å². The molecule has 0 aliphatic rings. The van der Waals surface area contributed by atoms with Gasteiger partial charge in [0.1, 0.15) is 0 Å². The maximum Gasteiger partial charge on any atom is 0.0910 e. The predicted molar refractivity (Wildman–Crippen MR) is 89.7 cm³/mol. The number of halogens is 1. The van der Waals surface area contributed by atoms with E-state index in [0.29, 0.717) is 5.02 Å². The average Bonchev–Trinajstić information content (AvgIpc) is 2.49. The molecule has 0 aliphatic heterocycles. The highest BCUT2D eigenvalue weighted by Crippen LogP contribution is 2.31. The number of pyridine rings is 1. The van der Waals surface area contributed by atoms with Gasteiger partial charge in [0.15, 0.2) is 0 Å². The van der Waals surface area contributed by atoms with E-state index in [1.54, 1.807) is 6.20 Å². The molecule has 21 heavy (non-hydrogen) atoms. The first-order valence-corrected chi connectivity index (χ1v) is 7.40. The molecule has 4 heteroatoms. The number of benzene rings is 1. The van der Waals surface area contributed by atoms with E-state index in [2.05, 4.69) is 36.0 Å². The fourth-order valence-corrected chi connectivity index (χ4v) is 2.24. The summed E-state index contributed by atoms with van der Waals surface area (Å²) in [7, 11) is 1.99. The number of rotatable bonds is 5. The lowest BCUT2D eigenvalue weighted by molar-refractivity contribution is 0.552. The number of hydrogen-bond donors (Lipinski definition) is 0. The highest BCUT2D eigenvalue weighted by Gasteiger charge is 2.08. The van der Waals surface area contributed by atoms with Gasteiger partial charge < -0.3 is 4.90 Å². The summed E-state index contributed by atoms with van der Waals surface area (Å²) in [5.74, 6) is 0. The van der Waals surface area contributed by atoms with Gasteiger partial charge in [-0.15, -0.1) is 0 Å². The van der Waals surface area contributed by atoms with Gasteiger partial charge in [-0.2, -0.15) is 0 Å². The fraction of sp³-hybridized carbons (Fsp3) is 0.294. The Morgan fingerprint density at radius 3 is 2.86 bits per heavy atom. The van der Waals surface area contributed by atoms with Crippen LogP contribution in [0.25, 0.3) is 0 Å². The molecule has 0 unspecified atom stereocenters. The molecule has 0 aliphatic carbocycles. The molecule has 0 spiro atoms. The fourth-order valence-electron chi connectivity index (χ4n) is 2.01. The third-order valence-corrected chi connectivity index (χ3v) is 3.72. The normalized spacial score (nSPS) is 11.0. The van der Waals surface area contributed by atoms with Crippen LogP contribution in [-0.4, -0.2) is 29.8 Å². The van der Waals surface area contributed by atoms with Crippen molar-refractivity contribution >= 4 is 23.6 Å². The standard InChI is InChI=1S/C17H20ClN3/c1-4-21(3)12-20-16-9-13(2)8-15(17(16)18)10-14-6-5-7-19-11-14/h5-9,11-12H,4,10H2,1-3H3. The number of nitrogens with zero attached hydrogens (tertiary/aromatic N) is 3. The SMILES string of the molecule is CCN(C)C=Nc1cc(C)cc(Cc2cccnc2)c1Cl. The molecule has 0 radical (unpaired) electrons. The first kappa shape index (κ1) is 15.5. The van der Waals surface area contributed by atoms with Crippen LogP contribution in [0.2, 0.25) is 5.02 Å². The van der Waals surface area contributed by atoms with E-state index in [4.69, 9.17) is 11.6 Å². The van der Waals surface area contributed by atoms with Crippen LogP contribution in [-0.2, 0) is 6.42 Å². The van der Waals surface area contributed by atoms with Crippen LogP contribution in [0.5, 0.6) is 0 Å². The first-order chi connectivity index (χ1) is 10.1. The Balaban J connectivity index is 2.30. The molecule has 2 rings (SSSR count). The van der Waals surface area contributed by atoms with Gasteiger partial charge in [-0.3, -0.25) is 4.98 Å². The molecule has 0 atom stereocenters. The van der Waals surface area contributed by atoms with Crippen molar-refractivity contribution in [3.63, 3.8) is 0 Å². The van der Waals surface area contributed by atoms with E-state index >= 15 is 0 Å². The van der Waals surface area contributed by atoms with Crippen LogP contribution < -0.4 is 0 Å². The highest BCUT2D eigenvalue weighted by molar-refractivity contribution is 6.33. The molecular weight excluding hydrogens is 282 g/mol. The molecule has 0 saturated heterocycles. The smallest absolute Gasteiger partial charge is 0.0910 e. The average molecular weight is 302 g/mol. The molecule has 3 nitrogen and oxygen atoms in total. The Kier molecular flexibility index (Phi) is 5.34. The summed E-state index contributed by atoms with van der Waals surface area (Å²) >= 11 is 6.50. The summed E-state index contributed by atoms with van der Waals surface area (Å²) in [6.45, 7) is 5.05. The maximum atomic E-state index is 6.50. The van der Waals surface area contributed by atoms with Gasteiger partial charge in [-0.1, -0.05) is 23.7 Å². The number of aromatic nitrogens is 1. The minimum atomic E-state index is 0.713. The number of aliphatic imine (C=N–C) groups is 1. The zero-order valence-corrected chi connectivity index (χ0v) is 13.4. The van der Waals surface area contributed by atoms with Crippen molar-refractivity contribution in [1.29, 1.82) is 0 Å². The van der Waals surface area contributed by atoms with Crippen molar-refractivity contribution in [2.24, 2.45) is 4.99 Å². The monoisotopic (exact) mass is 301 g/mol. The Bertz CT molecular complexity index is 623. The van der Waals surface area contributed by atoms with E-state index in [9.17, 15) is 0 Å². The molecule has 1 aromatic heterocycles. The molecule has 1 heterocycles. The summed E-state index contributed by atoms with van der Waals surface area (Å²) < 4.78 is 0. The van der Waals surface area contributed by atoms with Crippen molar-refractivity contribution in [2.75, 3.05) is 13.6 Å². The van der Waals surface area contributed by atoms with Crippen LogP contribution in [0.1, 0.15) is 23.6 Å². The minimum absolute atomic E-state index is 0.713. The Hall–Kier alpha value is -1.87. The topological polar surface area (TPSA) is 28.5 Å². The third kappa shape index (κ3) is 4.30. The first-order valence-electron chi connectivity index (χ1n) is 7.02. The van der Waals surface area contributed by atoms with Gasteiger partial charge in [0, 0.05) is 32.4 Å². The molecule has 110 valence electrons. The molecule has 1 aromatic carbocycles. The summed E-state index contributed by atoms with van der Waals surface area (Å²) in [5, 5.41) is 0.713. The van der Waals surface area contributed by atoms with Gasteiger partial charge in [-0.25, -0.2) is 4.99 Å². The maximum absolute atomic E-state index is 6.50. The van der Waals surface area contributed by atoms with E-state index < -0.39 is 0 Å². The van der Waals surface area contributed by atoms with Crippen molar-refractivity contribution in [2.45, 2.75) is 20.3 Å². The molecule has 0 amide bonds. The van der Waals surface area contributed by atoms with Crippen molar-refractivity contribution < 1.29 is 0 Å². The second-order valence-corrected chi connectivity index (χ2v) is 5.49. The summed E-state index contributed by atoms with van der Waals surface area (Å²) in [6, 6.07) is 8.11.